The second-order valence-electron chi connectivity index (χ2n) is 2.17. The highest BCUT2D eigenvalue weighted by Gasteiger charge is 2.06. The first-order valence-corrected chi connectivity index (χ1v) is 6.00. The van der Waals surface area contributed by atoms with Crippen LogP contribution in [0.4, 0.5) is 0 Å². The van der Waals surface area contributed by atoms with Gasteiger partial charge in [-0.15, -0.1) is 11.3 Å². The van der Waals surface area contributed by atoms with Crippen LogP contribution in [0.1, 0.15) is 0 Å². The van der Waals surface area contributed by atoms with Gasteiger partial charge in [0.2, 0.25) is 0 Å². The van der Waals surface area contributed by atoms with Crippen LogP contribution in [-0.2, 0) is 10.0 Å². The highest BCUT2D eigenvalue weighted by Crippen LogP contribution is 2.24. The van der Waals surface area contributed by atoms with Crippen molar-refractivity contribution in [2.24, 2.45) is 0 Å². The van der Waals surface area contributed by atoms with Gasteiger partial charge >= 0.3 is 0 Å². The fourth-order valence-electron chi connectivity index (χ4n) is 0.920. The smallest absolute Gasteiger partial charge is 0.198 e. The molecule has 0 bridgehead atoms. The average molecular weight is 218 g/mol. The molecular formula is C7H4ClNOS2. The van der Waals surface area contributed by atoms with Gasteiger partial charge in [0.05, 0.1) is 10.2 Å². The molecule has 0 aliphatic heterocycles. The van der Waals surface area contributed by atoms with Crippen LogP contribution in [0.25, 0.3) is 10.2 Å². The maximum Gasteiger partial charge on any atom is 0.198 e. The van der Waals surface area contributed by atoms with Crippen molar-refractivity contribution >= 4 is 42.2 Å². The van der Waals surface area contributed by atoms with Crippen LogP contribution in [-0.4, -0.2) is 9.19 Å². The maximum atomic E-state index is 10.8. The lowest BCUT2D eigenvalue weighted by molar-refractivity contribution is 0.691. The second-order valence-corrected chi connectivity index (χ2v) is 5.13. The number of benzene rings is 1. The Balaban J connectivity index is 2.70. The molecule has 1 heterocycles. The van der Waals surface area contributed by atoms with Crippen LogP contribution < -0.4 is 0 Å². The van der Waals surface area contributed by atoms with Gasteiger partial charge in [-0.25, -0.2) is 9.19 Å². The molecule has 1 atom stereocenters. The molecule has 1 aromatic carbocycles. The number of nitrogens with zero attached hydrogens (tertiary/aromatic N) is 1. The molecule has 0 spiro atoms. The van der Waals surface area contributed by atoms with E-state index in [9.17, 15) is 4.21 Å². The number of para-hydroxylation sites is 1. The summed E-state index contributed by atoms with van der Waals surface area (Å²) in [5.41, 5.74) is 0.853. The van der Waals surface area contributed by atoms with E-state index < -0.39 is 10.0 Å². The summed E-state index contributed by atoms with van der Waals surface area (Å²) in [4.78, 5) is 4.10. The third-order valence-electron chi connectivity index (χ3n) is 1.41. The summed E-state index contributed by atoms with van der Waals surface area (Å²) in [5.74, 6) is 0. The molecule has 2 nitrogen and oxygen atoms in total. The fraction of sp³-hybridized carbons (Fsp3) is 0. The number of thiazole rings is 1. The number of rotatable bonds is 1. The van der Waals surface area contributed by atoms with Gasteiger partial charge in [0.1, 0.15) is 0 Å². The molecule has 0 aliphatic carbocycles. The zero-order valence-electron chi connectivity index (χ0n) is 5.86. The number of hydrogen-bond donors (Lipinski definition) is 0. The summed E-state index contributed by atoms with van der Waals surface area (Å²) in [5, 5.41) is 0. The quantitative estimate of drug-likeness (QED) is 0.688. The van der Waals surface area contributed by atoms with Gasteiger partial charge < -0.3 is 0 Å². The van der Waals surface area contributed by atoms with Crippen molar-refractivity contribution < 1.29 is 4.21 Å². The predicted octanol–water partition coefficient (Wildman–Crippen LogP) is 2.56. The first kappa shape index (κ1) is 8.16. The Morgan fingerprint density at radius 2 is 2.17 bits per heavy atom. The minimum atomic E-state index is -1.48. The van der Waals surface area contributed by atoms with E-state index in [1.807, 2.05) is 24.3 Å². The molecule has 0 aliphatic rings. The van der Waals surface area contributed by atoms with E-state index in [4.69, 9.17) is 10.7 Å². The molecule has 0 unspecified atom stereocenters. The molecule has 0 radical (unpaired) electrons. The molecule has 0 saturated heterocycles. The monoisotopic (exact) mass is 217 g/mol. The Morgan fingerprint density at radius 3 is 2.83 bits per heavy atom. The summed E-state index contributed by atoms with van der Waals surface area (Å²) < 4.78 is 12.3. The van der Waals surface area contributed by atoms with Crippen molar-refractivity contribution in [1.29, 1.82) is 0 Å². The molecule has 0 fully saturated rings. The molecular weight excluding hydrogens is 214 g/mol. The predicted molar refractivity (Wildman–Crippen MR) is 51.9 cm³/mol. The first-order valence-electron chi connectivity index (χ1n) is 3.21. The van der Waals surface area contributed by atoms with Crippen LogP contribution in [0.5, 0.6) is 0 Å². The van der Waals surface area contributed by atoms with Crippen molar-refractivity contribution in [1.82, 2.24) is 4.98 Å². The van der Waals surface area contributed by atoms with E-state index in [0.717, 1.165) is 10.2 Å². The number of hydrogen-bond acceptors (Lipinski definition) is 3. The summed E-state index contributed by atoms with van der Waals surface area (Å²) in [7, 11) is 3.91. The van der Waals surface area contributed by atoms with Crippen LogP contribution in [0.3, 0.4) is 0 Å². The van der Waals surface area contributed by atoms with E-state index in [1.165, 1.54) is 11.3 Å². The Morgan fingerprint density at radius 1 is 1.42 bits per heavy atom. The Kier molecular flexibility index (Phi) is 2.12. The zero-order valence-corrected chi connectivity index (χ0v) is 8.25. The van der Waals surface area contributed by atoms with Gasteiger partial charge in [-0.1, -0.05) is 12.1 Å². The van der Waals surface area contributed by atoms with Crippen molar-refractivity contribution in [2.45, 2.75) is 4.34 Å². The Hall–Kier alpha value is -0.450. The Bertz CT molecular complexity index is 407. The minimum absolute atomic E-state index is 0.470. The number of halogens is 1. The van der Waals surface area contributed by atoms with E-state index in [0.29, 0.717) is 4.34 Å². The lowest BCUT2D eigenvalue weighted by Crippen LogP contribution is -1.76. The van der Waals surface area contributed by atoms with E-state index in [1.54, 1.807) is 0 Å². The topological polar surface area (TPSA) is 30.0 Å². The van der Waals surface area contributed by atoms with Gasteiger partial charge in [0.25, 0.3) is 0 Å². The van der Waals surface area contributed by atoms with Gasteiger partial charge in [-0.05, 0) is 22.8 Å². The molecule has 62 valence electrons. The molecule has 2 rings (SSSR count). The molecule has 2 aromatic rings. The van der Waals surface area contributed by atoms with Crippen LogP contribution in [0.15, 0.2) is 28.6 Å². The molecule has 0 saturated carbocycles. The molecule has 1 aromatic heterocycles. The minimum Gasteiger partial charge on any atom is -0.235 e. The van der Waals surface area contributed by atoms with Crippen LogP contribution in [0, 0.1) is 0 Å². The zero-order chi connectivity index (χ0) is 8.55. The number of aromatic nitrogens is 1. The third kappa shape index (κ3) is 1.37. The highest BCUT2D eigenvalue weighted by atomic mass is 35.7. The van der Waals surface area contributed by atoms with Crippen molar-refractivity contribution in [3.05, 3.63) is 24.3 Å². The van der Waals surface area contributed by atoms with Gasteiger partial charge in [0, 0.05) is 0 Å². The maximum absolute atomic E-state index is 10.8. The molecule has 0 N–H and O–H groups in total. The lowest BCUT2D eigenvalue weighted by Gasteiger charge is -1.80. The van der Waals surface area contributed by atoms with E-state index >= 15 is 0 Å². The lowest BCUT2D eigenvalue weighted by atomic mass is 10.3. The van der Waals surface area contributed by atoms with Gasteiger partial charge in [0.15, 0.2) is 14.4 Å². The summed E-state index contributed by atoms with van der Waals surface area (Å²) >= 11 is 1.36. The van der Waals surface area contributed by atoms with Gasteiger partial charge in [-0.2, -0.15) is 0 Å². The van der Waals surface area contributed by atoms with Crippen molar-refractivity contribution in [2.75, 3.05) is 0 Å². The Labute approximate surface area is 80.2 Å². The summed E-state index contributed by atoms with van der Waals surface area (Å²) in [6.45, 7) is 0. The van der Waals surface area contributed by atoms with Crippen molar-refractivity contribution in [3.8, 4) is 0 Å². The second kappa shape index (κ2) is 3.12. The van der Waals surface area contributed by atoms with E-state index in [2.05, 4.69) is 4.98 Å². The van der Waals surface area contributed by atoms with E-state index in [-0.39, 0.29) is 0 Å². The van der Waals surface area contributed by atoms with Crippen molar-refractivity contribution in [3.63, 3.8) is 0 Å². The van der Waals surface area contributed by atoms with Crippen LogP contribution in [0.2, 0.25) is 0 Å². The molecule has 5 heteroatoms. The summed E-state index contributed by atoms with van der Waals surface area (Å²) in [6, 6.07) is 7.61. The normalized spacial score (nSPS) is 13.4. The fourth-order valence-corrected chi connectivity index (χ4v) is 2.71. The average Bonchev–Trinajstić information content (AvgIpc) is 2.46. The summed E-state index contributed by atoms with van der Waals surface area (Å²) in [6.07, 6.45) is 0. The highest BCUT2D eigenvalue weighted by molar-refractivity contribution is 8.09. The third-order valence-corrected chi connectivity index (χ3v) is 4.03. The molecule has 12 heavy (non-hydrogen) atoms. The standard InChI is InChI=1S/C7H4ClNOS2/c8-12(10)7-9-5-3-1-2-4-6(5)11-7/h1-4H/t12-/m0/s1. The first-order chi connectivity index (χ1) is 5.77. The van der Waals surface area contributed by atoms with Gasteiger partial charge in [-0.3, -0.25) is 0 Å². The molecule has 0 amide bonds. The van der Waals surface area contributed by atoms with Crippen LogP contribution >= 0.6 is 22.0 Å². The SMILES string of the molecule is O=[S@](Cl)c1nc2ccccc2s1. The number of fused-ring (bicyclic) bond motifs is 1. The largest absolute Gasteiger partial charge is 0.235 e.